The zero-order valence-corrected chi connectivity index (χ0v) is 14.8. The number of hydrogen-bond donors (Lipinski definition) is 1. The Morgan fingerprint density at radius 3 is 2.65 bits per heavy atom. The number of aromatic nitrogens is 1. The Labute approximate surface area is 141 Å². The van der Waals surface area contributed by atoms with Crippen molar-refractivity contribution in [3.05, 3.63) is 29.6 Å². The molecule has 2 aliphatic rings. The van der Waals surface area contributed by atoms with E-state index in [0.29, 0.717) is 11.5 Å². The van der Waals surface area contributed by atoms with Crippen LogP contribution in [0.5, 0.6) is 0 Å². The standard InChI is InChI=1S/C20H32N2O/c1-16-4-3-12-21-19(16)18-7-5-17(6-8-18)9-13-22-20(2)10-14-23-15-11-20/h3-4,12,17-18,22H,5-11,13-15H2,1-2H3. The molecular formula is C20H32N2O. The van der Waals surface area contributed by atoms with Crippen molar-refractivity contribution in [2.24, 2.45) is 5.92 Å². The summed E-state index contributed by atoms with van der Waals surface area (Å²) in [5, 5.41) is 3.80. The molecule has 0 atom stereocenters. The lowest BCUT2D eigenvalue weighted by Crippen LogP contribution is -2.47. The molecule has 2 fully saturated rings. The number of aryl methyl sites for hydroxylation is 1. The highest BCUT2D eigenvalue weighted by Crippen LogP contribution is 2.37. The SMILES string of the molecule is Cc1cccnc1C1CCC(CCNC2(C)CCOCC2)CC1. The van der Waals surface area contributed by atoms with Gasteiger partial charge in [-0.1, -0.05) is 6.07 Å². The summed E-state index contributed by atoms with van der Waals surface area (Å²) in [5.41, 5.74) is 3.02. The molecule has 128 valence electrons. The van der Waals surface area contributed by atoms with Gasteiger partial charge in [-0.3, -0.25) is 4.98 Å². The molecule has 1 aromatic heterocycles. The molecule has 3 rings (SSSR count). The average molecular weight is 316 g/mol. The third-order valence-electron chi connectivity index (χ3n) is 5.98. The Morgan fingerprint density at radius 1 is 1.22 bits per heavy atom. The van der Waals surface area contributed by atoms with Crippen molar-refractivity contribution in [3.8, 4) is 0 Å². The molecule has 0 unspecified atom stereocenters. The van der Waals surface area contributed by atoms with E-state index in [9.17, 15) is 0 Å². The van der Waals surface area contributed by atoms with E-state index < -0.39 is 0 Å². The lowest BCUT2D eigenvalue weighted by atomic mass is 9.78. The maximum Gasteiger partial charge on any atom is 0.0483 e. The molecule has 2 heterocycles. The summed E-state index contributed by atoms with van der Waals surface area (Å²) in [5.74, 6) is 1.58. The van der Waals surface area contributed by atoms with Crippen LogP contribution in [0.2, 0.25) is 0 Å². The summed E-state index contributed by atoms with van der Waals surface area (Å²) in [6.07, 6.45) is 10.9. The minimum Gasteiger partial charge on any atom is -0.381 e. The highest BCUT2D eigenvalue weighted by Gasteiger charge is 2.28. The van der Waals surface area contributed by atoms with E-state index in [-0.39, 0.29) is 0 Å². The molecule has 1 saturated carbocycles. The van der Waals surface area contributed by atoms with Gasteiger partial charge in [0.25, 0.3) is 0 Å². The molecule has 1 N–H and O–H groups in total. The zero-order chi connectivity index (χ0) is 16.1. The van der Waals surface area contributed by atoms with Crippen LogP contribution in [0.15, 0.2) is 18.3 Å². The van der Waals surface area contributed by atoms with Crippen LogP contribution in [-0.2, 0) is 4.74 Å². The van der Waals surface area contributed by atoms with Crippen LogP contribution in [0.4, 0.5) is 0 Å². The third kappa shape index (κ3) is 4.54. The smallest absolute Gasteiger partial charge is 0.0483 e. The lowest BCUT2D eigenvalue weighted by Gasteiger charge is -2.36. The Morgan fingerprint density at radius 2 is 1.96 bits per heavy atom. The summed E-state index contributed by atoms with van der Waals surface area (Å²) in [6, 6.07) is 4.25. The van der Waals surface area contributed by atoms with Crippen LogP contribution in [0.25, 0.3) is 0 Å². The van der Waals surface area contributed by atoms with Gasteiger partial charge in [0.05, 0.1) is 0 Å². The molecule has 1 aliphatic heterocycles. The molecule has 3 heteroatoms. The number of pyridine rings is 1. The summed E-state index contributed by atoms with van der Waals surface area (Å²) in [4.78, 5) is 4.64. The molecule has 0 spiro atoms. The largest absolute Gasteiger partial charge is 0.381 e. The topological polar surface area (TPSA) is 34.2 Å². The van der Waals surface area contributed by atoms with Gasteiger partial charge in [-0.2, -0.15) is 0 Å². The molecule has 0 bridgehead atoms. The van der Waals surface area contributed by atoms with Crippen molar-refractivity contribution in [3.63, 3.8) is 0 Å². The normalized spacial score (nSPS) is 27.7. The van der Waals surface area contributed by atoms with Gasteiger partial charge in [0, 0.05) is 36.6 Å². The van der Waals surface area contributed by atoms with Crippen molar-refractivity contribution >= 4 is 0 Å². The summed E-state index contributed by atoms with van der Waals surface area (Å²) < 4.78 is 5.48. The molecule has 1 saturated heterocycles. The fraction of sp³-hybridized carbons (Fsp3) is 0.750. The minimum atomic E-state index is 0.306. The third-order valence-corrected chi connectivity index (χ3v) is 5.98. The molecule has 0 amide bonds. The predicted octanol–water partition coefficient (Wildman–Crippen LogP) is 4.21. The Balaban J connectivity index is 1.40. The average Bonchev–Trinajstić information content (AvgIpc) is 2.57. The zero-order valence-electron chi connectivity index (χ0n) is 14.8. The second-order valence-electron chi connectivity index (χ2n) is 7.81. The number of ether oxygens (including phenoxy) is 1. The maximum absolute atomic E-state index is 5.48. The molecular weight excluding hydrogens is 284 g/mol. The van der Waals surface area contributed by atoms with Gasteiger partial charge < -0.3 is 10.1 Å². The second kappa shape index (κ2) is 7.76. The number of nitrogens with one attached hydrogen (secondary N) is 1. The van der Waals surface area contributed by atoms with Crippen molar-refractivity contribution in [1.82, 2.24) is 10.3 Å². The van der Waals surface area contributed by atoms with E-state index >= 15 is 0 Å². The van der Waals surface area contributed by atoms with Gasteiger partial charge in [0.2, 0.25) is 0 Å². The number of hydrogen-bond acceptors (Lipinski definition) is 3. The fourth-order valence-corrected chi connectivity index (χ4v) is 4.23. The molecule has 3 nitrogen and oxygen atoms in total. The molecule has 23 heavy (non-hydrogen) atoms. The Kier molecular flexibility index (Phi) is 5.71. The number of nitrogens with zero attached hydrogens (tertiary/aromatic N) is 1. The van der Waals surface area contributed by atoms with E-state index in [2.05, 4.69) is 30.2 Å². The van der Waals surface area contributed by atoms with Gasteiger partial charge in [-0.25, -0.2) is 0 Å². The summed E-state index contributed by atoms with van der Waals surface area (Å²) >= 11 is 0. The maximum atomic E-state index is 5.48. The van der Waals surface area contributed by atoms with E-state index in [1.54, 1.807) is 0 Å². The van der Waals surface area contributed by atoms with Gasteiger partial charge in [0.15, 0.2) is 0 Å². The lowest BCUT2D eigenvalue weighted by molar-refractivity contribution is 0.0446. The monoisotopic (exact) mass is 316 g/mol. The van der Waals surface area contributed by atoms with E-state index in [1.807, 2.05) is 12.3 Å². The van der Waals surface area contributed by atoms with Crippen LogP contribution in [0.3, 0.4) is 0 Å². The van der Waals surface area contributed by atoms with Crippen LogP contribution in [0.1, 0.15) is 69.0 Å². The van der Waals surface area contributed by atoms with E-state index in [4.69, 9.17) is 4.74 Å². The van der Waals surface area contributed by atoms with Crippen molar-refractivity contribution < 1.29 is 4.74 Å². The fourth-order valence-electron chi connectivity index (χ4n) is 4.23. The Bertz CT molecular complexity index is 488. The van der Waals surface area contributed by atoms with Crippen LogP contribution in [-0.4, -0.2) is 30.3 Å². The first-order valence-electron chi connectivity index (χ1n) is 9.41. The van der Waals surface area contributed by atoms with Crippen molar-refractivity contribution in [2.75, 3.05) is 19.8 Å². The molecule has 0 aromatic carbocycles. The van der Waals surface area contributed by atoms with E-state index in [0.717, 1.165) is 38.5 Å². The van der Waals surface area contributed by atoms with Crippen LogP contribution >= 0.6 is 0 Å². The van der Waals surface area contributed by atoms with Crippen LogP contribution < -0.4 is 5.32 Å². The first kappa shape index (κ1) is 16.9. The first-order chi connectivity index (χ1) is 11.2. The van der Waals surface area contributed by atoms with Gasteiger partial charge >= 0.3 is 0 Å². The highest BCUT2D eigenvalue weighted by molar-refractivity contribution is 5.21. The molecule has 0 radical (unpaired) electrons. The molecule has 1 aliphatic carbocycles. The molecule has 1 aromatic rings. The van der Waals surface area contributed by atoms with Gasteiger partial charge in [-0.05, 0) is 82.9 Å². The van der Waals surface area contributed by atoms with Crippen molar-refractivity contribution in [1.29, 1.82) is 0 Å². The van der Waals surface area contributed by atoms with E-state index in [1.165, 1.54) is 43.4 Å². The number of rotatable bonds is 5. The van der Waals surface area contributed by atoms with Crippen molar-refractivity contribution in [2.45, 2.75) is 70.3 Å². The minimum absolute atomic E-state index is 0.306. The Hall–Kier alpha value is -0.930. The summed E-state index contributed by atoms with van der Waals surface area (Å²) in [6.45, 7) is 7.55. The quantitative estimate of drug-likeness (QED) is 0.883. The van der Waals surface area contributed by atoms with Gasteiger partial charge in [0.1, 0.15) is 0 Å². The summed E-state index contributed by atoms with van der Waals surface area (Å²) in [7, 11) is 0. The highest BCUT2D eigenvalue weighted by atomic mass is 16.5. The first-order valence-corrected chi connectivity index (χ1v) is 9.41. The van der Waals surface area contributed by atoms with Gasteiger partial charge in [-0.15, -0.1) is 0 Å². The predicted molar refractivity (Wildman–Crippen MR) is 94.8 cm³/mol. The van der Waals surface area contributed by atoms with Crippen LogP contribution in [0, 0.1) is 12.8 Å². The second-order valence-corrected chi connectivity index (χ2v) is 7.81.